The van der Waals surface area contributed by atoms with E-state index in [0.29, 0.717) is 17.7 Å². The number of nitrogens with one attached hydrogen (secondary N) is 2. The van der Waals surface area contributed by atoms with Crippen LogP contribution in [-0.2, 0) is 22.3 Å². The fourth-order valence-electron chi connectivity index (χ4n) is 3.25. The summed E-state index contributed by atoms with van der Waals surface area (Å²) >= 11 is 2.03. The molecule has 1 aromatic carbocycles. The highest BCUT2D eigenvalue weighted by molar-refractivity contribution is 14.0. The van der Waals surface area contributed by atoms with Crippen LogP contribution in [0.25, 0.3) is 0 Å². The van der Waals surface area contributed by atoms with Crippen molar-refractivity contribution in [1.29, 1.82) is 0 Å². The van der Waals surface area contributed by atoms with E-state index in [1.165, 1.54) is 0 Å². The number of rotatable bonds is 7. The molecule has 1 fully saturated rings. The van der Waals surface area contributed by atoms with E-state index in [4.69, 9.17) is 0 Å². The van der Waals surface area contributed by atoms with Crippen LogP contribution in [0.5, 0.6) is 0 Å². The molecule has 166 valence electrons. The Kier molecular flexibility index (Phi) is 11.3. The highest BCUT2D eigenvalue weighted by atomic mass is 127. The molecule has 0 spiro atoms. The molecule has 9 heteroatoms. The lowest BCUT2D eigenvalue weighted by molar-refractivity contribution is 0.380. The zero-order valence-electron chi connectivity index (χ0n) is 18.0. The predicted octanol–water partition coefficient (Wildman–Crippen LogP) is 3.28. The first-order chi connectivity index (χ1) is 13.2. The Morgan fingerprint density at radius 2 is 1.90 bits per heavy atom. The van der Waals surface area contributed by atoms with Crippen LogP contribution < -0.4 is 10.0 Å². The van der Waals surface area contributed by atoms with Crippen LogP contribution in [0, 0.1) is 5.92 Å². The molecule has 1 unspecified atom stereocenters. The molecule has 6 nitrogen and oxygen atoms in total. The Morgan fingerprint density at radius 3 is 2.48 bits per heavy atom. The van der Waals surface area contributed by atoms with Crippen LogP contribution >= 0.6 is 35.7 Å². The van der Waals surface area contributed by atoms with Crippen molar-refractivity contribution in [2.45, 2.75) is 51.3 Å². The summed E-state index contributed by atoms with van der Waals surface area (Å²) in [6.45, 7) is 10.7. The van der Waals surface area contributed by atoms with Crippen molar-refractivity contribution in [2.24, 2.45) is 10.9 Å². The number of hydrogen-bond acceptors (Lipinski definition) is 4. The maximum Gasteiger partial charge on any atom is 0.216 e. The first-order valence-corrected chi connectivity index (χ1v) is 12.6. The average molecular weight is 555 g/mol. The van der Waals surface area contributed by atoms with Gasteiger partial charge in [0.15, 0.2) is 5.96 Å². The van der Waals surface area contributed by atoms with Crippen molar-refractivity contribution in [3.8, 4) is 0 Å². The Morgan fingerprint density at radius 1 is 1.24 bits per heavy atom. The van der Waals surface area contributed by atoms with Gasteiger partial charge in [0.25, 0.3) is 0 Å². The van der Waals surface area contributed by atoms with Gasteiger partial charge in [-0.25, -0.2) is 13.1 Å². The highest BCUT2D eigenvalue weighted by Crippen LogP contribution is 2.25. The molecule has 1 aromatic rings. The van der Waals surface area contributed by atoms with Crippen molar-refractivity contribution in [3.63, 3.8) is 0 Å². The summed E-state index contributed by atoms with van der Waals surface area (Å²) < 4.78 is 27.3. The van der Waals surface area contributed by atoms with Crippen LogP contribution in [0.4, 0.5) is 0 Å². The van der Waals surface area contributed by atoms with E-state index >= 15 is 0 Å². The Labute approximate surface area is 197 Å². The molecule has 0 aromatic heterocycles. The summed E-state index contributed by atoms with van der Waals surface area (Å²) in [6, 6.07) is 7.57. The molecular formula is C20H35IN4O2S2. The van der Waals surface area contributed by atoms with Crippen LogP contribution in [0.15, 0.2) is 29.3 Å². The normalized spacial score (nSPS) is 18.1. The summed E-state index contributed by atoms with van der Waals surface area (Å²) in [6.07, 6.45) is 0. The van der Waals surface area contributed by atoms with E-state index in [1.807, 2.05) is 49.9 Å². The minimum absolute atomic E-state index is 0. The first-order valence-electron chi connectivity index (χ1n) is 9.86. The third kappa shape index (κ3) is 8.63. The molecule has 0 radical (unpaired) electrons. The van der Waals surface area contributed by atoms with Gasteiger partial charge in [0.2, 0.25) is 10.0 Å². The summed E-state index contributed by atoms with van der Waals surface area (Å²) in [5.74, 6) is 2.59. The number of aliphatic imine (C=N–C) groups is 1. The molecule has 2 N–H and O–H groups in total. The maximum absolute atomic E-state index is 12.3. The van der Waals surface area contributed by atoms with Gasteiger partial charge in [-0.2, -0.15) is 11.8 Å². The molecule has 1 saturated heterocycles. The second-order valence-electron chi connectivity index (χ2n) is 7.80. The lowest BCUT2D eigenvalue weighted by atomic mass is 10.1. The maximum atomic E-state index is 12.3. The summed E-state index contributed by atoms with van der Waals surface area (Å²) in [5, 5.41) is 4.04. The minimum Gasteiger partial charge on any atom is -0.352 e. The average Bonchev–Trinajstić information content (AvgIpc) is 2.62. The van der Waals surface area contributed by atoms with E-state index < -0.39 is 10.0 Å². The lowest BCUT2D eigenvalue weighted by Crippen LogP contribution is -2.48. The lowest BCUT2D eigenvalue weighted by Gasteiger charge is -2.36. The highest BCUT2D eigenvalue weighted by Gasteiger charge is 2.25. The Balaban J connectivity index is 0.00000420. The quantitative estimate of drug-likeness (QED) is 0.308. The molecule has 0 saturated carbocycles. The molecule has 0 aliphatic carbocycles. The fourth-order valence-corrected chi connectivity index (χ4v) is 6.05. The fraction of sp³-hybridized carbons (Fsp3) is 0.650. The van der Waals surface area contributed by atoms with Crippen molar-refractivity contribution in [2.75, 3.05) is 25.9 Å². The standard InChI is InChI=1S/C20H34N4O2S2.HI/c1-15(2)19-13-24(10-11-27-19)20(21-5)22-12-17-8-6-7-9-18(17)14-28(25,26)23-16(3)4;/h6-9,15-16,19,23H,10-14H2,1-5H3,(H,21,22);1H. The number of sulfonamides is 1. The van der Waals surface area contributed by atoms with Crippen LogP contribution in [0.1, 0.15) is 38.8 Å². The van der Waals surface area contributed by atoms with Gasteiger partial charge >= 0.3 is 0 Å². The van der Waals surface area contributed by atoms with Gasteiger partial charge in [-0.3, -0.25) is 4.99 Å². The molecule has 2 rings (SSSR count). The van der Waals surface area contributed by atoms with Crippen LogP contribution in [0.3, 0.4) is 0 Å². The van der Waals surface area contributed by atoms with Gasteiger partial charge in [-0.1, -0.05) is 38.1 Å². The molecule has 1 heterocycles. The van der Waals surface area contributed by atoms with E-state index in [9.17, 15) is 8.42 Å². The van der Waals surface area contributed by atoms with Gasteiger partial charge in [0.1, 0.15) is 0 Å². The minimum atomic E-state index is -3.36. The number of nitrogens with zero attached hydrogens (tertiary/aromatic N) is 2. The number of halogens is 1. The number of benzene rings is 1. The third-order valence-corrected chi connectivity index (χ3v) is 7.73. The summed E-state index contributed by atoms with van der Waals surface area (Å²) in [7, 11) is -1.56. The predicted molar refractivity (Wildman–Crippen MR) is 136 cm³/mol. The largest absolute Gasteiger partial charge is 0.352 e. The van der Waals surface area contributed by atoms with Gasteiger partial charge in [0, 0.05) is 43.7 Å². The number of hydrogen-bond donors (Lipinski definition) is 2. The summed E-state index contributed by atoms with van der Waals surface area (Å²) in [5.41, 5.74) is 1.79. The monoisotopic (exact) mass is 554 g/mol. The van der Waals surface area contributed by atoms with Crippen molar-refractivity contribution in [3.05, 3.63) is 35.4 Å². The zero-order chi connectivity index (χ0) is 20.7. The van der Waals surface area contributed by atoms with Crippen LogP contribution in [-0.4, -0.2) is 56.5 Å². The van der Waals surface area contributed by atoms with E-state index in [0.717, 1.165) is 35.9 Å². The van der Waals surface area contributed by atoms with Crippen molar-refractivity contribution >= 4 is 51.7 Å². The topological polar surface area (TPSA) is 73.8 Å². The molecule has 29 heavy (non-hydrogen) atoms. The van der Waals surface area contributed by atoms with E-state index in [1.54, 1.807) is 7.05 Å². The van der Waals surface area contributed by atoms with E-state index in [2.05, 4.69) is 33.8 Å². The van der Waals surface area contributed by atoms with Crippen molar-refractivity contribution < 1.29 is 8.42 Å². The van der Waals surface area contributed by atoms with Gasteiger partial charge in [0.05, 0.1) is 5.75 Å². The molecule has 1 atom stereocenters. The molecule has 0 amide bonds. The smallest absolute Gasteiger partial charge is 0.216 e. The number of guanidine groups is 1. The van der Waals surface area contributed by atoms with Crippen LogP contribution in [0.2, 0.25) is 0 Å². The molecular weight excluding hydrogens is 519 g/mol. The molecule has 1 aliphatic rings. The first kappa shape index (κ1) is 26.5. The van der Waals surface area contributed by atoms with Gasteiger partial charge in [-0.05, 0) is 30.9 Å². The zero-order valence-corrected chi connectivity index (χ0v) is 22.0. The van der Waals surface area contributed by atoms with Gasteiger partial charge in [-0.15, -0.1) is 24.0 Å². The second-order valence-corrected chi connectivity index (χ2v) is 10.9. The van der Waals surface area contributed by atoms with Gasteiger partial charge < -0.3 is 10.2 Å². The Hall–Kier alpha value is -0.520. The molecule has 1 aliphatic heterocycles. The third-order valence-electron chi connectivity index (χ3n) is 4.66. The molecule has 0 bridgehead atoms. The Bertz CT molecular complexity index is 769. The van der Waals surface area contributed by atoms with E-state index in [-0.39, 0.29) is 35.8 Å². The van der Waals surface area contributed by atoms with Crippen molar-refractivity contribution in [1.82, 2.24) is 14.9 Å². The summed E-state index contributed by atoms with van der Waals surface area (Å²) in [4.78, 5) is 6.76. The number of thioether (sulfide) groups is 1. The SMILES string of the molecule is CN=C(NCc1ccccc1CS(=O)(=O)NC(C)C)N1CCSC(C(C)C)C1.I. The second kappa shape index (κ2) is 12.4.